The Kier molecular flexibility index (Phi) is 2.82. The van der Waals surface area contributed by atoms with Crippen LogP contribution in [0, 0.1) is 5.92 Å². The second-order valence-corrected chi connectivity index (χ2v) is 4.38. The van der Waals surface area contributed by atoms with Gasteiger partial charge in [-0.2, -0.15) is 13.2 Å². The third kappa shape index (κ3) is 2.31. The average Bonchev–Trinajstić information content (AvgIpc) is 2.64. The van der Waals surface area contributed by atoms with Crippen LogP contribution >= 0.6 is 0 Å². The first-order valence-corrected chi connectivity index (χ1v) is 5.39. The van der Waals surface area contributed by atoms with Crippen molar-refractivity contribution in [1.29, 1.82) is 0 Å². The molecule has 0 aromatic heterocycles. The molecule has 0 amide bonds. The zero-order valence-electron chi connectivity index (χ0n) is 9.09. The van der Waals surface area contributed by atoms with Gasteiger partial charge in [-0.3, -0.25) is 0 Å². The molecule has 1 atom stereocenters. The molecule has 1 heterocycles. The van der Waals surface area contributed by atoms with Crippen molar-refractivity contribution in [3.63, 3.8) is 0 Å². The van der Waals surface area contributed by atoms with Crippen LogP contribution in [0.3, 0.4) is 0 Å². The predicted octanol–water partition coefficient (Wildman–Crippen LogP) is 3.55. The molecule has 0 bridgehead atoms. The van der Waals surface area contributed by atoms with Crippen LogP contribution in [0.2, 0.25) is 0 Å². The van der Waals surface area contributed by atoms with Gasteiger partial charge >= 0.3 is 6.18 Å². The van der Waals surface area contributed by atoms with E-state index in [2.05, 4.69) is 11.8 Å². The van der Waals surface area contributed by atoms with Gasteiger partial charge in [-0.1, -0.05) is 6.92 Å². The van der Waals surface area contributed by atoms with E-state index in [4.69, 9.17) is 0 Å². The Morgan fingerprint density at radius 3 is 2.25 bits per heavy atom. The predicted molar refractivity (Wildman–Crippen MR) is 57.4 cm³/mol. The van der Waals surface area contributed by atoms with Crippen molar-refractivity contribution < 1.29 is 13.2 Å². The van der Waals surface area contributed by atoms with Gasteiger partial charge in [0.1, 0.15) is 0 Å². The van der Waals surface area contributed by atoms with Gasteiger partial charge < -0.3 is 4.90 Å². The Bertz CT molecular complexity index is 356. The van der Waals surface area contributed by atoms with E-state index in [0.29, 0.717) is 5.92 Å². The van der Waals surface area contributed by atoms with Gasteiger partial charge in [0.15, 0.2) is 0 Å². The van der Waals surface area contributed by atoms with Gasteiger partial charge in [-0.05, 0) is 36.6 Å². The highest BCUT2D eigenvalue weighted by atomic mass is 19.4. The van der Waals surface area contributed by atoms with Crippen molar-refractivity contribution >= 4 is 5.69 Å². The number of nitrogens with zero attached hydrogens (tertiary/aromatic N) is 1. The molecule has 1 aromatic carbocycles. The van der Waals surface area contributed by atoms with E-state index in [1.54, 1.807) is 12.1 Å². The van der Waals surface area contributed by atoms with E-state index in [1.807, 2.05) is 0 Å². The molecular weight excluding hydrogens is 215 g/mol. The summed E-state index contributed by atoms with van der Waals surface area (Å²) in [7, 11) is 0. The van der Waals surface area contributed by atoms with Crippen LogP contribution in [0.25, 0.3) is 0 Å². The molecule has 4 heteroatoms. The molecule has 0 saturated carbocycles. The summed E-state index contributed by atoms with van der Waals surface area (Å²) in [4.78, 5) is 2.13. The molecule has 0 N–H and O–H groups in total. The van der Waals surface area contributed by atoms with Gasteiger partial charge in [-0.15, -0.1) is 0 Å². The van der Waals surface area contributed by atoms with Gasteiger partial charge in [0.2, 0.25) is 0 Å². The molecule has 88 valence electrons. The Morgan fingerprint density at radius 2 is 1.81 bits per heavy atom. The number of benzene rings is 1. The maximum Gasteiger partial charge on any atom is 0.416 e. The molecule has 2 rings (SSSR count). The second kappa shape index (κ2) is 4.00. The molecule has 0 radical (unpaired) electrons. The van der Waals surface area contributed by atoms with E-state index in [1.165, 1.54) is 0 Å². The van der Waals surface area contributed by atoms with Gasteiger partial charge in [0, 0.05) is 18.8 Å². The minimum Gasteiger partial charge on any atom is -0.371 e. The number of anilines is 1. The van der Waals surface area contributed by atoms with Crippen LogP contribution in [0.5, 0.6) is 0 Å². The number of hydrogen-bond donors (Lipinski definition) is 0. The van der Waals surface area contributed by atoms with Crippen molar-refractivity contribution in [3.8, 4) is 0 Å². The highest BCUT2D eigenvalue weighted by Gasteiger charge is 2.30. The molecular formula is C12H14F3N. The van der Waals surface area contributed by atoms with Crippen LogP contribution < -0.4 is 4.90 Å². The summed E-state index contributed by atoms with van der Waals surface area (Å²) in [6.07, 6.45) is -3.13. The SMILES string of the molecule is C[C@@H]1CCN(c2ccc(C(F)(F)F)cc2)C1. The Labute approximate surface area is 92.9 Å². The first kappa shape index (κ1) is 11.3. The molecule has 1 saturated heterocycles. The first-order valence-electron chi connectivity index (χ1n) is 5.39. The smallest absolute Gasteiger partial charge is 0.371 e. The summed E-state index contributed by atoms with van der Waals surface area (Å²) in [5, 5.41) is 0. The van der Waals surface area contributed by atoms with Crippen LogP contribution in [0.1, 0.15) is 18.9 Å². The maximum atomic E-state index is 12.3. The van der Waals surface area contributed by atoms with Crippen molar-refractivity contribution in [3.05, 3.63) is 29.8 Å². The number of hydrogen-bond acceptors (Lipinski definition) is 1. The number of halogens is 3. The molecule has 1 aliphatic rings. The fourth-order valence-corrected chi connectivity index (χ4v) is 2.03. The van der Waals surface area contributed by atoms with E-state index in [0.717, 1.165) is 37.3 Å². The minimum absolute atomic E-state index is 0.580. The van der Waals surface area contributed by atoms with E-state index >= 15 is 0 Å². The fourth-order valence-electron chi connectivity index (χ4n) is 2.03. The first-order chi connectivity index (χ1) is 7.47. The molecule has 16 heavy (non-hydrogen) atoms. The Balaban J connectivity index is 2.14. The normalized spacial score (nSPS) is 21.5. The largest absolute Gasteiger partial charge is 0.416 e. The topological polar surface area (TPSA) is 3.24 Å². The van der Waals surface area contributed by atoms with Crippen molar-refractivity contribution in [2.75, 3.05) is 18.0 Å². The molecule has 1 nitrogen and oxygen atoms in total. The summed E-state index contributed by atoms with van der Waals surface area (Å²) < 4.78 is 37.0. The van der Waals surface area contributed by atoms with Crippen molar-refractivity contribution in [1.82, 2.24) is 0 Å². The van der Waals surface area contributed by atoms with Crippen molar-refractivity contribution in [2.24, 2.45) is 5.92 Å². The lowest BCUT2D eigenvalue weighted by Crippen LogP contribution is -2.19. The fraction of sp³-hybridized carbons (Fsp3) is 0.500. The van der Waals surface area contributed by atoms with Gasteiger partial charge in [0.25, 0.3) is 0 Å². The quantitative estimate of drug-likeness (QED) is 0.711. The van der Waals surface area contributed by atoms with Crippen LogP contribution in [-0.2, 0) is 6.18 Å². The molecule has 1 fully saturated rings. The highest BCUT2D eigenvalue weighted by Crippen LogP contribution is 2.31. The third-order valence-electron chi connectivity index (χ3n) is 2.98. The van der Waals surface area contributed by atoms with Gasteiger partial charge in [-0.25, -0.2) is 0 Å². The summed E-state index contributed by atoms with van der Waals surface area (Å²) in [5.74, 6) is 0.627. The summed E-state index contributed by atoms with van der Waals surface area (Å²) in [5.41, 5.74) is 0.306. The Morgan fingerprint density at radius 1 is 1.19 bits per heavy atom. The van der Waals surface area contributed by atoms with Gasteiger partial charge in [0.05, 0.1) is 5.56 Å². The highest BCUT2D eigenvalue weighted by molar-refractivity contribution is 5.48. The second-order valence-electron chi connectivity index (χ2n) is 4.38. The molecule has 1 aromatic rings. The van der Waals surface area contributed by atoms with Crippen LogP contribution in [0.15, 0.2) is 24.3 Å². The van der Waals surface area contributed by atoms with E-state index in [9.17, 15) is 13.2 Å². The lowest BCUT2D eigenvalue weighted by atomic mass is 10.2. The number of alkyl halides is 3. The molecule has 0 spiro atoms. The number of rotatable bonds is 1. The van der Waals surface area contributed by atoms with Crippen LogP contribution in [0.4, 0.5) is 18.9 Å². The molecule has 1 aliphatic heterocycles. The molecule has 0 unspecified atom stereocenters. The third-order valence-corrected chi connectivity index (χ3v) is 2.98. The Hall–Kier alpha value is -1.19. The van der Waals surface area contributed by atoms with E-state index < -0.39 is 11.7 Å². The maximum absolute atomic E-state index is 12.3. The monoisotopic (exact) mass is 229 g/mol. The van der Waals surface area contributed by atoms with E-state index in [-0.39, 0.29) is 0 Å². The molecule has 0 aliphatic carbocycles. The average molecular weight is 229 g/mol. The summed E-state index contributed by atoms with van der Waals surface area (Å²) in [6, 6.07) is 5.42. The standard InChI is InChI=1S/C12H14F3N/c1-9-6-7-16(8-9)11-4-2-10(3-5-11)12(13,14)15/h2-5,9H,6-8H2,1H3/t9-/m1/s1. The van der Waals surface area contributed by atoms with Crippen molar-refractivity contribution in [2.45, 2.75) is 19.5 Å². The summed E-state index contributed by atoms with van der Waals surface area (Å²) >= 11 is 0. The zero-order valence-corrected chi connectivity index (χ0v) is 9.09. The van der Waals surface area contributed by atoms with Crippen LogP contribution in [-0.4, -0.2) is 13.1 Å². The minimum atomic E-state index is -4.24. The lowest BCUT2D eigenvalue weighted by Gasteiger charge is -2.18. The lowest BCUT2D eigenvalue weighted by molar-refractivity contribution is -0.137. The summed E-state index contributed by atoms with van der Waals surface area (Å²) in [6.45, 7) is 4.03. The zero-order chi connectivity index (χ0) is 11.8.